The second-order valence-corrected chi connectivity index (χ2v) is 8.92. The number of H-pyrrole nitrogens is 1. The summed E-state index contributed by atoms with van der Waals surface area (Å²) < 4.78 is 23.8. The van der Waals surface area contributed by atoms with Gasteiger partial charge in [-0.15, -0.1) is 6.58 Å². The Morgan fingerprint density at radius 1 is 1.32 bits per heavy atom. The number of ether oxygens (including phenoxy) is 2. The summed E-state index contributed by atoms with van der Waals surface area (Å²) in [6.07, 6.45) is 4.71. The zero-order chi connectivity index (χ0) is 25.0. The number of nitrogens with zero attached hydrogens (tertiary/aromatic N) is 1. The van der Waals surface area contributed by atoms with Crippen LogP contribution in [0.2, 0.25) is 0 Å². The molecule has 11 heteroatoms. The summed E-state index contributed by atoms with van der Waals surface area (Å²) in [7, 11) is 0.0984. The molecule has 0 saturated carbocycles. The number of methoxy groups -OCH3 is 1. The minimum atomic E-state index is -1.60. The SMILES string of the molecule is C=C[C@@]1(COP(NCC=O)Oc2ccccc2)CCC(n2ccc(=O)[nH]c2=O)O1.COC(C)C. The van der Waals surface area contributed by atoms with E-state index in [0.29, 0.717) is 24.7 Å². The molecule has 10 nitrogen and oxygen atoms in total. The van der Waals surface area contributed by atoms with Crippen LogP contribution in [0.1, 0.15) is 32.9 Å². The van der Waals surface area contributed by atoms with Crippen LogP contribution < -0.4 is 20.9 Å². The number of aromatic nitrogens is 2. The van der Waals surface area contributed by atoms with Gasteiger partial charge < -0.3 is 23.3 Å². The van der Waals surface area contributed by atoms with Crippen LogP contribution >= 0.6 is 8.53 Å². The molecule has 186 valence electrons. The van der Waals surface area contributed by atoms with Crippen molar-refractivity contribution in [3.8, 4) is 5.75 Å². The Hall–Kier alpha value is -2.62. The molecule has 3 rings (SSSR count). The van der Waals surface area contributed by atoms with Crippen LogP contribution in [0, 0.1) is 0 Å². The predicted octanol–water partition coefficient (Wildman–Crippen LogP) is 2.92. The first kappa shape index (κ1) is 27.6. The third kappa shape index (κ3) is 8.62. The molecule has 0 spiro atoms. The molecule has 2 unspecified atom stereocenters. The monoisotopic (exact) mass is 493 g/mol. The number of carbonyl (C=O) groups excluding carboxylic acids is 1. The molecule has 1 aromatic heterocycles. The number of benzene rings is 1. The molecule has 1 saturated heterocycles. The summed E-state index contributed by atoms with van der Waals surface area (Å²) >= 11 is 0. The topological polar surface area (TPSA) is 121 Å². The summed E-state index contributed by atoms with van der Waals surface area (Å²) in [4.78, 5) is 36.2. The highest BCUT2D eigenvalue weighted by molar-refractivity contribution is 7.45. The van der Waals surface area contributed by atoms with Gasteiger partial charge in [0.2, 0.25) is 0 Å². The van der Waals surface area contributed by atoms with E-state index in [9.17, 15) is 14.4 Å². The maximum Gasteiger partial charge on any atom is 0.330 e. The van der Waals surface area contributed by atoms with Gasteiger partial charge >= 0.3 is 14.2 Å². The van der Waals surface area contributed by atoms with Crippen molar-refractivity contribution in [1.82, 2.24) is 14.6 Å². The number of rotatable bonds is 11. The minimum Gasteiger partial charge on any atom is -0.436 e. The molecule has 1 aliphatic rings. The van der Waals surface area contributed by atoms with E-state index in [1.54, 1.807) is 25.3 Å². The third-order valence-electron chi connectivity index (χ3n) is 4.85. The fraction of sp³-hybridized carbons (Fsp3) is 0.435. The quantitative estimate of drug-likeness (QED) is 0.279. The van der Waals surface area contributed by atoms with E-state index < -0.39 is 31.6 Å². The predicted molar refractivity (Wildman–Crippen MR) is 130 cm³/mol. The highest BCUT2D eigenvalue weighted by atomic mass is 31.2. The van der Waals surface area contributed by atoms with Crippen molar-refractivity contribution in [3.05, 3.63) is 76.1 Å². The number of nitrogens with one attached hydrogen (secondary N) is 2. The highest BCUT2D eigenvalue weighted by Gasteiger charge is 2.40. The lowest BCUT2D eigenvalue weighted by Crippen LogP contribution is -2.35. The molecule has 0 radical (unpaired) electrons. The number of aldehydes is 1. The molecular formula is C23H32N3O7P. The van der Waals surface area contributed by atoms with Crippen LogP contribution in [-0.4, -0.2) is 47.8 Å². The first-order valence-corrected chi connectivity index (χ1v) is 12.0. The average Bonchev–Trinajstić information content (AvgIpc) is 3.26. The maximum atomic E-state index is 12.0. The van der Waals surface area contributed by atoms with E-state index in [4.69, 9.17) is 18.5 Å². The molecule has 0 amide bonds. The van der Waals surface area contributed by atoms with E-state index in [-0.39, 0.29) is 13.2 Å². The minimum absolute atomic E-state index is 0.0792. The fourth-order valence-electron chi connectivity index (χ4n) is 2.88. The van der Waals surface area contributed by atoms with Crippen molar-refractivity contribution in [2.24, 2.45) is 0 Å². The Morgan fingerprint density at radius 3 is 2.62 bits per heavy atom. The number of hydrogen-bond donors (Lipinski definition) is 2. The van der Waals surface area contributed by atoms with Crippen molar-refractivity contribution < 1.29 is 23.3 Å². The molecule has 1 aliphatic heterocycles. The van der Waals surface area contributed by atoms with Gasteiger partial charge in [0.25, 0.3) is 5.56 Å². The van der Waals surface area contributed by atoms with Gasteiger partial charge in [-0.2, -0.15) is 0 Å². The van der Waals surface area contributed by atoms with E-state index in [2.05, 4.69) is 16.7 Å². The molecule has 3 atom stereocenters. The Labute approximate surface area is 199 Å². The Bertz CT molecular complexity index is 1010. The molecular weight excluding hydrogens is 461 g/mol. The second-order valence-electron chi connectivity index (χ2n) is 7.65. The van der Waals surface area contributed by atoms with Crippen LogP contribution in [0.25, 0.3) is 0 Å². The largest absolute Gasteiger partial charge is 0.436 e. The molecule has 0 aliphatic carbocycles. The van der Waals surface area contributed by atoms with Crippen LogP contribution in [0.3, 0.4) is 0 Å². The summed E-state index contributed by atoms with van der Waals surface area (Å²) in [5, 5.41) is 2.91. The number of aromatic amines is 1. The zero-order valence-corrected chi connectivity index (χ0v) is 20.5. The van der Waals surface area contributed by atoms with Gasteiger partial charge in [-0.3, -0.25) is 14.3 Å². The normalized spacial score (nSPS) is 20.3. The summed E-state index contributed by atoms with van der Waals surface area (Å²) in [6.45, 7) is 8.04. The van der Waals surface area contributed by atoms with Crippen LogP contribution in [0.4, 0.5) is 0 Å². The zero-order valence-electron chi connectivity index (χ0n) is 19.6. The second kappa shape index (κ2) is 13.9. The van der Waals surface area contributed by atoms with Gasteiger partial charge in [0.15, 0.2) is 0 Å². The highest BCUT2D eigenvalue weighted by Crippen LogP contribution is 2.41. The van der Waals surface area contributed by atoms with Gasteiger partial charge in [-0.25, -0.2) is 9.88 Å². The average molecular weight is 493 g/mol. The van der Waals surface area contributed by atoms with Gasteiger partial charge in [-0.05, 0) is 38.8 Å². The summed E-state index contributed by atoms with van der Waals surface area (Å²) in [6, 6.07) is 10.4. The molecule has 2 aromatic rings. The lowest BCUT2D eigenvalue weighted by molar-refractivity contribution is -0.107. The van der Waals surface area contributed by atoms with Crippen molar-refractivity contribution in [2.75, 3.05) is 20.3 Å². The molecule has 1 fully saturated rings. The van der Waals surface area contributed by atoms with E-state index in [1.165, 1.54) is 16.8 Å². The molecule has 34 heavy (non-hydrogen) atoms. The van der Waals surface area contributed by atoms with Crippen LogP contribution in [-0.2, 0) is 18.8 Å². The molecule has 2 heterocycles. The van der Waals surface area contributed by atoms with Crippen LogP contribution in [0.5, 0.6) is 5.75 Å². The van der Waals surface area contributed by atoms with Gasteiger partial charge in [0.05, 0.1) is 19.3 Å². The Morgan fingerprint density at radius 2 is 2.03 bits per heavy atom. The maximum absolute atomic E-state index is 12.0. The van der Waals surface area contributed by atoms with E-state index >= 15 is 0 Å². The van der Waals surface area contributed by atoms with E-state index in [0.717, 1.165) is 6.29 Å². The lowest BCUT2D eigenvalue weighted by atomic mass is 10.0. The smallest absolute Gasteiger partial charge is 0.330 e. The first-order chi connectivity index (χ1) is 16.3. The number of hydrogen-bond acceptors (Lipinski definition) is 8. The summed E-state index contributed by atoms with van der Waals surface area (Å²) in [5.74, 6) is 0.606. The molecule has 0 bridgehead atoms. The van der Waals surface area contributed by atoms with Crippen molar-refractivity contribution >= 4 is 14.8 Å². The Balaban J connectivity index is 0.000000739. The van der Waals surface area contributed by atoms with Gasteiger partial charge in [0.1, 0.15) is 23.9 Å². The van der Waals surface area contributed by atoms with Crippen molar-refractivity contribution in [3.63, 3.8) is 0 Å². The third-order valence-corrected chi connectivity index (χ3v) is 6.03. The lowest BCUT2D eigenvalue weighted by Gasteiger charge is -2.28. The Kier molecular flexibility index (Phi) is 11.3. The van der Waals surface area contributed by atoms with E-state index in [1.807, 2.05) is 32.0 Å². The summed E-state index contributed by atoms with van der Waals surface area (Å²) in [5.41, 5.74) is -1.83. The fourth-order valence-corrected chi connectivity index (χ4v) is 3.96. The molecule has 1 aromatic carbocycles. The van der Waals surface area contributed by atoms with Crippen molar-refractivity contribution in [2.45, 2.75) is 44.6 Å². The standard InChI is InChI=1S/C19H22N3O6P.C4H10O/c1-2-19(10-8-17(27-19)22-12-9-16(24)21-18(22)25)14-26-29(20-11-13-23)28-15-6-4-3-5-7-15;1-4(2)5-3/h2-7,9,12-13,17,20H,1,8,10-11,14H2,(H,21,24,25);4H,1-3H3/t17?,19-,29?;/m0./s1. The first-order valence-electron chi connectivity index (χ1n) is 10.8. The molecule has 2 N–H and O–H groups in total. The number of carbonyl (C=O) groups is 1. The number of para-hydroxylation sites is 1. The van der Waals surface area contributed by atoms with Gasteiger partial charge in [-0.1, -0.05) is 24.3 Å². The van der Waals surface area contributed by atoms with Crippen LogP contribution in [0.15, 0.2) is 64.8 Å². The van der Waals surface area contributed by atoms with Gasteiger partial charge in [0, 0.05) is 19.4 Å². The van der Waals surface area contributed by atoms with Crippen molar-refractivity contribution in [1.29, 1.82) is 0 Å².